The van der Waals surface area contributed by atoms with Gasteiger partial charge in [-0.2, -0.15) is 0 Å². The van der Waals surface area contributed by atoms with Crippen molar-refractivity contribution in [3.05, 3.63) is 58.0 Å². The number of nitrogens with one attached hydrogen (secondary N) is 2. The minimum absolute atomic E-state index is 0.317. The lowest BCUT2D eigenvalue weighted by Gasteiger charge is -2.13. The van der Waals surface area contributed by atoms with Crippen molar-refractivity contribution in [2.45, 2.75) is 33.7 Å². The van der Waals surface area contributed by atoms with Crippen LogP contribution in [0.1, 0.15) is 30.5 Å². The Morgan fingerprint density at radius 1 is 1.04 bits per heavy atom. The van der Waals surface area contributed by atoms with Gasteiger partial charge in [-0.25, -0.2) is 0 Å². The highest BCUT2D eigenvalue weighted by atomic mass is 32.2. The van der Waals surface area contributed by atoms with Crippen LogP contribution in [0.25, 0.3) is 17.2 Å². The van der Waals surface area contributed by atoms with Crippen LogP contribution in [0, 0.1) is 13.8 Å². The summed E-state index contributed by atoms with van der Waals surface area (Å²) in [6.45, 7) is 8.31. The number of benzene rings is 2. The Bertz CT molecular complexity index is 899. The third kappa shape index (κ3) is 3.99. The zero-order valence-electron chi connectivity index (χ0n) is 15.3. The molecule has 1 aliphatic heterocycles. The average molecular weight is 366 g/mol. The predicted octanol–water partition coefficient (Wildman–Crippen LogP) is 5.11. The summed E-state index contributed by atoms with van der Waals surface area (Å²) in [5, 5.41) is 5.36. The summed E-state index contributed by atoms with van der Waals surface area (Å²) in [6, 6.07) is 13.0. The molecule has 2 N–H and O–H groups in total. The van der Waals surface area contributed by atoms with Crippen molar-refractivity contribution < 1.29 is 9.59 Å². The molecule has 2 aromatic carbocycles. The van der Waals surface area contributed by atoms with Gasteiger partial charge in [0.15, 0.2) is 0 Å². The van der Waals surface area contributed by atoms with Crippen LogP contribution in [-0.4, -0.2) is 17.2 Å². The SMILES string of the molecule is Cc1cc(-c2ccc(NC(C)C)cc2)c(C)cc1/C=C1/SC(=O)NC1=O. The highest BCUT2D eigenvalue weighted by molar-refractivity contribution is 8.18. The summed E-state index contributed by atoms with van der Waals surface area (Å²) in [4.78, 5) is 23.5. The molecule has 0 saturated carbocycles. The molecule has 1 saturated heterocycles. The van der Waals surface area contributed by atoms with E-state index in [-0.39, 0.29) is 11.1 Å². The summed E-state index contributed by atoms with van der Waals surface area (Å²) in [7, 11) is 0. The first-order chi connectivity index (χ1) is 12.3. The number of hydrogen-bond acceptors (Lipinski definition) is 4. The maximum Gasteiger partial charge on any atom is 0.290 e. The van der Waals surface area contributed by atoms with E-state index in [4.69, 9.17) is 0 Å². The molecule has 1 fully saturated rings. The smallest absolute Gasteiger partial charge is 0.290 e. The van der Waals surface area contributed by atoms with Crippen LogP contribution in [0.3, 0.4) is 0 Å². The van der Waals surface area contributed by atoms with E-state index in [0.29, 0.717) is 10.9 Å². The molecular weight excluding hydrogens is 344 g/mol. The molecule has 26 heavy (non-hydrogen) atoms. The van der Waals surface area contributed by atoms with Crippen molar-refractivity contribution >= 4 is 34.7 Å². The van der Waals surface area contributed by atoms with Gasteiger partial charge in [-0.05, 0) is 85.5 Å². The maximum absolute atomic E-state index is 11.8. The lowest BCUT2D eigenvalue weighted by atomic mass is 9.94. The van der Waals surface area contributed by atoms with Gasteiger partial charge in [-0.15, -0.1) is 0 Å². The monoisotopic (exact) mass is 366 g/mol. The van der Waals surface area contributed by atoms with Gasteiger partial charge in [0.25, 0.3) is 11.1 Å². The maximum atomic E-state index is 11.8. The first-order valence-electron chi connectivity index (χ1n) is 8.56. The number of hydrogen-bond donors (Lipinski definition) is 2. The van der Waals surface area contributed by atoms with Gasteiger partial charge in [0, 0.05) is 11.7 Å². The van der Waals surface area contributed by atoms with E-state index in [1.807, 2.05) is 6.92 Å². The van der Waals surface area contributed by atoms with E-state index >= 15 is 0 Å². The van der Waals surface area contributed by atoms with Crippen molar-refractivity contribution in [1.82, 2.24) is 5.32 Å². The van der Waals surface area contributed by atoms with E-state index in [1.165, 1.54) is 5.56 Å². The van der Waals surface area contributed by atoms with E-state index < -0.39 is 0 Å². The summed E-state index contributed by atoms with van der Waals surface area (Å²) in [5.41, 5.74) is 6.57. The number of carbonyl (C=O) groups is 2. The fourth-order valence-corrected chi connectivity index (χ4v) is 3.62. The van der Waals surface area contributed by atoms with Gasteiger partial charge < -0.3 is 5.32 Å². The Balaban J connectivity index is 1.91. The average Bonchev–Trinajstić information content (AvgIpc) is 2.88. The van der Waals surface area contributed by atoms with Crippen molar-refractivity contribution in [3.63, 3.8) is 0 Å². The van der Waals surface area contributed by atoms with Gasteiger partial charge in [0.2, 0.25) is 0 Å². The highest BCUT2D eigenvalue weighted by Gasteiger charge is 2.25. The normalized spacial score (nSPS) is 15.7. The van der Waals surface area contributed by atoms with E-state index in [2.05, 4.69) is 67.8 Å². The van der Waals surface area contributed by atoms with Gasteiger partial charge in [-0.3, -0.25) is 14.9 Å². The van der Waals surface area contributed by atoms with Gasteiger partial charge >= 0.3 is 0 Å². The molecule has 134 valence electrons. The number of amides is 2. The van der Waals surface area contributed by atoms with Crippen molar-refractivity contribution in [3.8, 4) is 11.1 Å². The minimum Gasteiger partial charge on any atom is -0.383 e. The van der Waals surface area contributed by atoms with Crippen LogP contribution in [0.5, 0.6) is 0 Å². The zero-order chi connectivity index (χ0) is 18.8. The lowest BCUT2D eigenvalue weighted by Crippen LogP contribution is -2.17. The third-order valence-corrected chi connectivity index (χ3v) is 5.00. The molecule has 3 rings (SSSR count). The molecule has 0 spiro atoms. The third-order valence-electron chi connectivity index (χ3n) is 4.19. The number of aryl methyl sites for hydroxylation is 2. The first kappa shape index (κ1) is 18.3. The number of anilines is 1. The molecule has 0 aliphatic carbocycles. The number of carbonyl (C=O) groups excluding carboxylic acids is 2. The largest absolute Gasteiger partial charge is 0.383 e. The van der Waals surface area contributed by atoms with Crippen LogP contribution in [0.2, 0.25) is 0 Å². The number of imide groups is 1. The second kappa shape index (κ2) is 7.38. The van der Waals surface area contributed by atoms with E-state index in [9.17, 15) is 9.59 Å². The fraction of sp³-hybridized carbons (Fsp3) is 0.238. The second-order valence-electron chi connectivity index (χ2n) is 6.75. The summed E-state index contributed by atoms with van der Waals surface area (Å²) in [5.74, 6) is -0.325. The summed E-state index contributed by atoms with van der Waals surface area (Å²) >= 11 is 0.945. The summed E-state index contributed by atoms with van der Waals surface area (Å²) < 4.78 is 0. The van der Waals surface area contributed by atoms with Crippen molar-refractivity contribution in [2.24, 2.45) is 0 Å². The summed E-state index contributed by atoms with van der Waals surface area (Å²) in [6.07, 6.45) is 1.78. The molecule has 0 atom stereocenters. The standard InChI is InChI=1S/C21H22N2O2S/c1-12(2)22-17-7-5-15(6-8-17)18-10-13(3)16(9-14(18)4)11-19-20(24)23-21(25)26-19/h5-12,22H,1-4H3,(H,23,24,25)/b19-11+. The first-order valence-corrected chi connectivity index (χ1v) is 9.38. The van der Waals surface area contributed by atoms with Crippen LogP contribution >= 0.6 is 11.8 Å². The van der Waals surface area contributed by atoms with Gasteiger partial charge in [0.1, 0.15) is 0 Å². The molecule has 2 aromatic rings. The molecule has 2 amide bonds. The van der Waals surface area contributed by atoms with Gasteiger partial charge in [0.05, 0.1) is 4.91 Å². The topological polar surface area (TPSA) is 58.2 Å². The molecule has 1 heterocycles. The Labute approximate surface area is 158 Å². The molecule has 0 radical (unpaired) electrons. The minimum atomic E-state index is -0.325. The van der Waals surface area contributed by atoms with Crippen LogP contribution in [0.15, 0.2) is 41.3 Å². The number of thioether (sulfide) groups is 1. The molecule has 5 heteroatoms. The molecule has 0 bridgehead atoms. The van der Waals surface area contributed by atoms with Gasteiger partial charge in [-0.1, -0.05) is 24.3 Å². The van der Waals surface area contributed by atoms with Crippen molar-refractivity contribution in [2.75, 3.05) is 5.32 Å². The molecule has 0 aromatic heterocycles. The fourth-order valence-electron chi connectivity index (χ4n) is 2.95. The van der Waals surface area contributed by atoms with E-state index in [1.54, 1.807) is 6.08 Å². The van der Waals surface area contributed by atoms with Crippen LogP contribution in [0.4, 0.5) is 10.5 Å². The Morgan fingerprint density at radius 3 is 2.31 bits per heavy atom. The molecule has 1 aliphatic rings. The Morgan fingerprint density at radius 2 is 1.73 bits per heavy atom. The zero-order valence-corrected chi connectivity index (χ0v) is 16.2. The molecular formula is C21H22N2O2S. The van der Waals surface area contributed by atoms with Crippen LogP contribution < -0.4 is 10.6 Å². The lowest BCUT2D eigenvalue weighted by molar-refractivity contribution is -0.115. The Kier molecular flexibility index (Phi) is 5.18. The van der Waals surface area contributed by atoms with E-state index in [0.717, 1.165) is 39.7 Å². The Hall–Kier alpha value is -2.53. The quantitative estimate of drug-likeness (QED) is 0.738. The highest BCUT2D eigenvalue weighted by Crippen LogP contribution is 2.31. The number of rotatable bonds is 4. The predicted molar refractivity (Wildman–Crippen MR) is 109 cm³/mol. The van der Waals surface area contributed by atoms with Crippen LogP contribution in [-0.2, 0) is 4.79 Å². The van der Waals surface area contributed by atoms with Crippen molar-refractivity contribution in [1.29, 1.82) is 0 Å². The molecule has 0 unspecified atom stereocenters. The molecule has 4 nitrogen and oxygen atoms in total. The second-order valence-corrected chi connectivity index (χ2v) is 7.77.